The zero-order valence-electron chi connectivity index (χ0n) is 15.2. The van der Waals surface area contributed by atoms with E-state index in [0.717, 1.165) is 29.7 Å². The van der Waals surface area contributed by atoms with Crippen molar-refractivity contribution in [3.63, 3.8) is 0 Å². The fourth-order valence-corrected chi connectivity index (χ4v) is 4.87. The number of sulfonamides is 1. The number of hydrogen-bond donors (Lipinski definition) is 1. The number of aryl methyl sites for hydroxylation is 1. The SMILES string of the molecule is Cc1ccc(CNC(=O)[C@@H]2CCCCN2S(=O)(=O)c2ccc(F)cc2)cc1. The van der Waals surface area contributed by atoms with E-state index in [9.17, 15) is 17.6 Å². The number of nitrogens with one attached hydrogen (secondary N) is 1. The molecule has 27 heavy (non-hydrogen) atoms. The highest BCUT2D eigenvalue weighted by molar-refractivity contribution is 7.89. The van der Waals surface area contributed by atoms with Crippen molar-refractivity contribution in [2.75, 3.05) is 6.54 Å². The zero-order chi connectivity index (χ0) is 19.4. The number of nitrogens with zero attached hydrogens (tertiary/aromatic N) is 1. The molecule has 5 nitrogen and oxygen atoms in total. The van der Waals surface area contributed by atoms with Crippen LogP contribution in [-0.2, 0) is 21.4 Å². The monoisotopic (exact) mass is 390 g/mol. The molecule has 2 aromatic rings. The van der Waals surface area contributed by atoms with Crippen LogP contribution in [0.2, 0.25) is 0 Å². The van der Waals surface area contributed by atoms with Crippen molar-refractivity contribution in [2.24, 2.45) is 0 Å². The van der Waals surface area contributed by atoms with Crippen LogP contribution in [0.1, 0.15) is 30.4 Å². The molecule has 1 saturated heterocycles. The standard InChI is InChI=1S/C20H23FN2O3S/c1-15-5-7-16(8-6-15)14-22-20(24)19-4-2-3-13-23(19)27(25,26)18-11-9-17(21)10-12-18/h5-12,19H,2-4,13-14H2,1H3,(H,22,24)/t19-/m0/s1. The first kappa shape index (κ1) is 19.5. The van der Waals surface area contributed by atoms with Crippen LogP contribution in [0.25, 0.3) is 0 Å². The maximum atomic E-state index is 13.1. The van der Waals surface area contributed by atoms with Gasteiger partial charge in [-0.3, -0.25) is 4.79 Å². The second-order valence-corrected chi connectivity index (χ2v) is 8.68. The van der Waals surface area contributed by atoms with Gasteiger partial charge in [0, 0.05) is 13.1 Å². The molecule has 0 unspecified atom stereocenters. The summed E-state index contributed by atoms with van der Waals surface area (Å²) in [5.41, 5.74) is 2.09. The third-order valence-corrected chi connectivity index (χ3v) is 6.69. The Balaban J connectivity index is 1.75. The van der Waals surface area contributed by atoms with E-state index in [2.05, 4.69) is 5.32 Å². The minimum atomic E-state index is -3.86. The lowest BCUT2D eigenvalue weighted by Gasteiger charge is -2.33. The number of carbonyl (C=O) groups is 1. The van der Waals surface area contributed by atoms with Crippen LogP contribution in [0.4, 0.5) is 4.39 Å². The molecule has 2 aromatic carbocycles. The van der Waals surface area contributed by atoms with E-state index in [1.54, 1.807) is 0 Å². The molecule has 0 bridgehead atoms. The molecule has 1 N–H and O–H groups in total. The fourth-order valence-electron chi connectivity index (χ4n) is 3.21. The first-order valence-electron chi connectivity index (χ1n) is 8.98. The van der Waals surface area contributed by atoms with Crippen LogP contribution < -0.4 is 5.32 Å². The minimum absolute atomic E-state index is 0.00198. The predicted molar refractivity (Wildman–Crippen MR) is 101 cm³/mol. The third-order valence-electron chi connectivity index (χ3n) is 4.76. The summed E-state index contributed by atoms with van der Waals surface area (Å²) in [6.45, 7) is 2.62. The van der Waals surface area contributed by atoms with E-state index < -0.39 is 21.9 Å². The Bertz CT molecular complexity index is 896. The van der Waals surface area contributed by atoms with E-state index in [1.165, 1.54) is 16.4 Å². The fraction of sp³-hybridized carbons (Fsp3) is 0.350. The molecule has 0 saturated carbocycles. The molecular formula is C20H23FN2O3S. The Morgan fingerprint density at radius 2 is 1.78 bits per heavy atom. The summed E-state index contributed by atoms with van der Waals surface area (Å²) in [4.78, 5) is 12.7. The van der Waals surface area contributed by atoms with Gasteiger partial charge in [-0.2, -0.15) is 4.31 Å². The Kier molecular flexibility index (Phi) is 5.92. The highest BCUT2D eigenvalue weighted by atomic mass is 32.2. The van der Waals surface area contributed by atoms with Crippen molar-refractivity contribution in [1.82, 2.24) is 9.62 Å². The Morgan fingerprint density at radius 1 is 1.11 bits per heavy atom. The van der Waals surface area contributed by atoms with Gasteiger partial charge in [0.2, 0.25) is 15.9 Å². The van der Waals surface area contributed by atoms with E-state index in [1.807, 2.05) is 31.2 Å². The Morgan fingerprint density at radius 3 is 2.44 bits per heavy atom. The van der Waals surface area contributed by atoms with E-state index in [0.29, 0.717) is 19.4 Å². The van der Waals surface area contributed by atoms with E-state index in [4.69, 9.17) is 0 Å². The normalized spacial score (nSPS) is 18.2. The van der Waals surface area contributed by atoms with E-state index in [-0.39, 0.29) is 17.3 Å². The number of piperidine rings is 1. The molecular weight excluding hydrogens is 367 g/mol. The number of carbonyl (C=O) groups excluding carboxylic acids is 1. The van der Waals surface area contributed by atoms with Gasteiger partial charge in [0.1, 0.15) is 11.9 Å². The average molecular weight is 390 g/mol. The molecule has 1 aliphatic rings. The first-order chi connectivity index (χ1) is 12.9. The maximum Gasteiger partial charge on any atom is 0.243 e. The maximum absolute atomic E-state index is 13.1. The summed E-state index contributed by atoms with van der Waals surface area (Å²) in [7, 11) is -3.86. The highest BCUT2D eigenvalue weighted by Gasteiger charge is 2.37. The molecule has 1 fully saturated rings. The van der Waals surface area contributed by atoms with Gasteiger partial charge in [0.25, 0.3) is 0 Å². The summed E-state index contributed by atoms with van der Waals surface area (Å²) < 4.78 is 40.3. The Hall–Kier alpha value is -2.25. The lowest BCUT2D eigenvalue weighted by Crippen LogP contribution is -2.51. The van der Waals surface area contributed by atoms with E-state index >= 15 is 0 Å². The Labute approximate surface area is 159 Å². The van der Waals surface area contributed by atoms with Crippen molar-refractivity contribution >= 4 is 15.9 Å². The molecule has 0 aliphatic carbocycles. The largest absolute Gasteiger partial charge is 0.351 e. The quantitative estimate of drug-likeness (QED) is 0.854. The van der Waals surface area contributed by atoms with Crippen molar-refractivity contribution in [3.05, 3.63) is 65.5 Å². The van der Waals surface area contributed by atoms with Gasteiger partial charge < -0.3 is 5.32 Å². The van der Waals surface area contributed by atoms with Crippen LogP contribution in [-0.4, -0.2) is 31.2 Å². The number of amides is 1. The van der Waals surface area contributed by atoms with Gasteiger partial charge in [-0.1, -0.05) is 36.2 Å². The summed E-state index contributed by atoms with van der Waals surface area (Å²) in [6, 6.07) is 11.8. The molecule has 7 heteroatoms. The number of benzene rings is 2. The molecule has 0 spiro atoms. The predicted octanol–water partition coefficient (Wildman–Crippen LogP) is 2.99. The molecule has 0 radical (unpaired) electrons. The van der Waals surface area contributed by atoms with Gasteiger partial charge >= 0.3 is 0 Å². The highest BCUT2D eigenvalue weighted by Crippen LogP contribution is 2.25. The van der Waals surface area contributed by atoms with Gasteiger partial charge in [0.05, 0.1) is 4.90 Å². The summed E-state index contributed by atoms with van der Waals surface area (Å²) >= 11 is 0. The molecule has 0 aromatic heterocycles. The molecule has 144 valence electrons. The molecule has 1 amide bonds. The molecule has 1 aliphatic heterocycles. The number of rotatable bonds is 5. The van der Waals surface area contributed by atoms with Gasteiger partial charge in [-0.25, -0.2) is 12.8 Å². The number of halogens is 1. The lowest BCUT2D eigenvalue weighted by atomic mass is 10.0. The van der Waals surface area contributed by atoms with Crippen LogP contribution in [0.3, 0.4) is 0 Å². The lowest BCUT2D eigenvalue weighted by molar-refractivity contribution is -0.125. The van der Waals surface area contributed by atoms with Gasteiger partial charge in [0.15, 0.2) is 0 Å². The molecule has 3 rings (SSSR count). The van der Waals surface area contributed by atoms with Crippen molar-refractivity contribution in [3.8, 4) is 0 Å². The second kappa shape index (κ2) is 8.19. The van der Waals surface area contributed by atoms with Gasteiger partial charge in [-0.15, -0.1) is 0 Å². The minimum Gasteiger partial charge on any atom is -0.351 e. The third kappa shape index (κ3) is 4.54. The summed E-state index contributed by atoms with van der Waals surface area (Å²) in [5.74, 6) is -0.805. The number of hydrogen-bond acceptors (Lipinski definition) is 3. The topological polar surface area (TPSA) is 66.5 Å². The van der Waals surface area contributed by atoms with Crippen LogP contribution in [0.15, 0.2) is 53.4 Å². The molecule has 1 heterocycles. The molecule has 1 atom stereocenters. The summed E-state index contributed by atoms with van der Waals surface area (Å²) in [6.07, 6.45) is 1.96. The van der Waals surface area contributed by atoms with Crippen LogP contribution >= 0.6 is 0 Å². The van der Waals surface area contributed by atoms with Crippen molar-refractivity contribution in [2.45, 2.75) is 43.7 Å². The van der Waals surface area contributed by atoms with Crippen molar-refractivity contribution in [1.29, 1.82) is 0 Å². The summed E-state index contributed by atoms with van der Waals surface area (Å²) in [5, 5.41) is 2.85. The van der Waals surface area contributed by atoms with Crippen LogP contribution in [0.5, 0.6) is 0 Å². The second-order valence-electron chi connectivity index (χ2n) is 6.78. The van der Waals surface area contributed by atoms with Gasteiger partial charge in [-0.05, 0) is 49.6 Å². The van der Waals surface area contributed by atoms with Crippen LogP contribution in [0, 0.1) is 12.7 Å². The smallest absolute Gasteiger partial charge is 0.243 e. The van der Waals surface area contributed by atoms with Crippen molar-refractivity contribution < 1.29 is 17.6 Å². The average Bonchev–Trinajstić information content (AvgIpc) is 2.67. The zero-order valence-corrected chi connectivity index (χ0v) is 16.0. The first-order valence-corrected chi connectivity index (χ1v) is 10.4.